The Hall–Kier alpha value is -1.98. The maximum absolute atomic E-state index is 12.6. The van der Waals surface area contributed by atoms with Crippen molar-refractivity contribution in [3.05, 3.63) is 53.1 Å². The SMILES string of the molecule is Cc1ccc(N2C(=O)CC(Sc3ccccc3N)C2=O)cc1Cl. The van der Waals surface area contributed by atoms with Crippen molar-refractivity contribution in [2.24, 2.45) is 0 Å². The van der Waals surface area contributed by atoms with Crippen molar-refractivity contribution in [3.8, 4) is 0 Å². The molecule has 2 aromatic carbocycles. The third kappa shape index (κ3) is 3.07. The Morgan fingerprint density at radius 1 is 1.22 bits per heavy atom. The molecule has 0 bridgehead atoms. The summed E-state index contributed by atoms with van der Waals surface area (Å²) < 4.78 is 0. The van der Waals surface area contributed by atoms with Gasteiger partial charge in [0.2, 0.25) is 11.8 Å². The van der Waals surface area contributed by atoms with Crippen molar-refractivity contribution in [2.45, 2.75) is 23.5 Å². The highest BCUT2D eigenvalue weighted by molar-refractivity contribution is 8.00. The van der Waals surface area contributed by atoms with Gasteiger partial charge in [0, 0.05) is 22.0 Å². The highest BCUT2D eigenvalue weighted by Crippen LogP contribution is 2.36. The summed E-state index contributed by atoms with van der Waals surface area (Å²) in [6.45, 7) is 1.87. The number of hydrogen-bond acceptors (Lipinski definition) is 4. The second-order valence-electron chi connectivity index (χ2n) is 5.35. The Bertz CT molecular complexity index is 794. The van der Waals surface area contributed by atoms with E-state index in [0.29, 0.717) is 16.4 Å². The van der Waals surface area contributed by atoms with Crippen molar-refractivity contribution in [2.75, 3.05) is 10.6 Å². The van der Waals surface area contributed by atoms with E-state index in [-0.39, 0.29) is 18.2 Å². The average Bonchev–Trinajstić information content (AvgIpc) is 2.79. The predicted molar refractivity (Wildman–Crippen MR) is 93.8 cm³/mol. The van der Waals surface area contributed by atoms with Crippen LogP contribution in [0.4, 0.5) is 11.4 Å². The van der Waals surface area contributed by atoms with Crippen LogP contribution in [0.5, 0.6) is 0 Å². The minimum absolute atomic E-state index is 0.156. The van der Waals surface area contributed by atoms with Crippen molar-refractivity contribution < 1.29 is 9.59 Å². The van der Waals surface area contributed by atoms with Gasteiger partial charge in [-0.2, -0.15) is 0 Å². The number of nitrogens with zero attached hydrogens (tertiary/aromatic N) is 1. The molecule has 0 saturated carbocycles. The average molecular weight is 347 g/mol. The Morgan fingerprint density at radius 3 is 2.65 bits per heavy atom. The van der Waals surface area contributed by atoms with Gasteiger partial charge in [-0.15, -0.1) is 11.8 Å². The van der Waals surface area contributed by atoms with Crippen LogP contribution in [0.3, 0.4) is 0 Å². The minimum atomic E-state index is -0.465. The number of amides is 2. The maximum Gasteiger partial charge on any atom is 0.247 e. The van der Waals surface area contributed by atoms with Gasteiger partial charge in [0.1, 0.15) is 0 Å². The number of anilines is 2. The largest absolute Gasteiger partial charge is 0.398 e. The van der Waals surface area contributed by atoms with E-state index < -0.39 is 5.25 Å². The summed E-state index contributed by atoms with van der Waals surface area (Å²) >= 11 is 7.43. The van der Waals surface area contributed by atoms with E-state index in [2.05, 4.69) is 0 Å². The number of rotatable bonds is 3. The van der Waals surface area contributed by atoms with Gasteiger partial charge in [0.05, 0.1) is 10.9 Å². The molecule has 0 aromatic heterocycles. The molecule has 0 spiro atoms. The number of imide groups is 1. The number of benzene rings is 2. The first-order valence-electron chi connectivity index (χ1n) is 7.11. The quantitative estimate of drug-likeness (QED) is 0.680. The normalized spacial score (nSPS) is 17.8. The molecule has 6 heteroatoms. The summed E-state index contributed by atoms with van der Waals surface area (Å²) in [5, 5.41) is 0.0683. The third-order valence-corrected chi connectivity index (χ3v) is 5.39. The number of carbonyl (C=O) groups excluding carboxylic acids is 2. The number of hydrogen-bond donors (Lipinski definition) is 1. The van der Waals surface area contributed by atoms with E-state index in [1.54, 1.807) is 24.3 Å². The van der Waals surface area contributed by atoms with Crippen LogP contribution in [0, 0.1) is 6.92 Å². The molecular formula is C17H15ClN2O2S. The number of thioether (sulfide) groups is 1. The standard InChI is InChI=1S/C17H15ClN2O2S/c1-10-6-7-11(8-12(10)18)20-16(21)9-15(17(20)22)23-14-5-3-2-4-13(14)19/h2-8,15H,9,19H2,1H3. The predicted octanol–water partition coefficient (Wildman–Crippen LogP) is 3.65. The Morgan fingerprint density at radius 2 is 1.96 bits per heavy atom. The van der Waals surface area contributed by atoms with Crippen molar-refractivity contribution in [3.63, 3.8) is 0 Å². The van der Waals surface area contributed by atoms with E-state index in [1.165, 1.54) is 16.7 Å². The summed E-state index contributed by atoms with van der Waals surface area (Å²) in [6.07, 6.45) is 0.156. The fraction of sp³-hybridized carbons (Fsp3) is 0.176. The first-order valence-corrected chi connectivity index (χ1v) is 8.37. The molecule has 23 heavy (non-hydrogen) atoms. The molecule has 1 saturated heterocycles. The van der Waals surface area contributed by atoms with Crippen LogP contribution in [0.2, 0.25) is 5.02 Å². The first-order chi connectivity index (χ1) is 11.0. The van der Waals surface area contributed by atoms with Gasteiger partial charge in [0.15, 0.2) is 0 Å². The van der Waals surface area contributed by atoms with Gasteiger partial charge in [0.25, 0.3) is 0 Å². The van der Waals surface area contributed by atoms with Crippen LogP contribution in [0.25, 0.3) is 0 Å². The van der Waals surface area contributed by atoms with Gasteiger partial charge in [-0.3, -0.25) is 9.59 Å². The molecule has 0 aliphatic carbocycles. The summed E-state index contributed by atoms with van der Waals surface area (Å²) in [5.41, 5.74) is 7.93. The Balaban J connectivity index is 1.85. The maximum atomic E-state index is 12.6. The number of aryl methyl sites for hydroxylation is 1. The molecule has 2 amide bonds. The summed E-state index contributed by atoms with van der Waals surface area (Å²) in [7, 11) is 0. The zero-order valence-electron chi connectivity index (χ0n) is 12.5. The summed E-state index contributed by atoms with van der Waals surface area (Å²) in [6, 6.07) is 12.5. The number of carbonyl (C=O) groups is 2. The van der Waals surface area contributed by atoms with Crippen LogP contribution in [0.1, 0.15) is 12.0 Å². The lowest BCUT2D eigenvalue weighted by molar-refractivity contribution is -0.121. The van der Waals surface area contributed by atoms with E-state index in [4.69, 9.17) is 17.3 Å². The molecule has 1 aliphatic heterocycles. The molecule has 1 atom stereocenters. The van der Waals surface area contributed by atoms with Gasteiger partial charge in [-0.25, -0.2) is 4.90 Å². The van der Waals surface area contributed by atoms with Gasteiger partial charge in [-0.05, 0) is 36.8 Å². The molecular weight excluding hydrogens is 332 g/mol. The van der Waals surface area contributed by atoms with Crippen molar-refractivity contribution in [1.29, 1.82) is 0 Å². The molecule has 1 heterocycles. The lowest BCUT2D eigenvalue weighted by Gasteiger charge is -2.16. The zero-order chi connectivity index (χ0) is 16.6. The van der Waals surface area contributed by atoms with E-state index in [9.17, 15) is 9.59 Å². The van der Waals surface area contributed by atoms with E-state index in [0.717, 1.165) is 10.5 Å². The van der Waals surface area contributed by atoms with Crippen molar-refractivity contribution in [1.82, 2.24) is 0 Å². The molecule has 2 aromatic rings. The third-order valence-electron chi connectivity index (χ3n) is 3.71. The van der Waals surface area contributed by atoms with Crippen LogP contribution in [-0.2, 0) is 9.59 Å². The molecule has 1 unspecified atom stereocenters. The van der Waals surface area contributed by atoms with Crippen LogP contribution in [0.15, 0.2) is 47.4 Å². The Labute approximate surface area is 143 Å². The van der Waals surface area contributed by atoms with Crippen LogP contribution >= 0.6 is 23.4 Å². The summed E-state index contributed by atoms with van der Waals surface area (Å²) in [5.74, 6) is -0.454. The lowest BCUT2D eigenvalue weighted by atomic mass is 10.2. The van der Waals surface area contributed by atoms with Crippen LogP contribution < -0.4 is 10.6 Å². The molecule has 1 fully saturated rings. The molecule has 3 rings (SSSR count). The number of para-hydroxylation sites is 1. The van der Waals surface area contributed by atoms with Gasteiger partial charge >= 0.3 is 0 Å². The van der Waals surface area contributed by atoms with Crippen molar-refractivity contribution >= 4 is 46.6 Å². The minimum Gasteiger partial charge on any atom is -0.398 e. The first kappa shape index (κ1) is 15.9. The lowest BCUT2D eigenvalue weighted by Crippen LogP contribution is -2.31. The summed E-state index contributed by atoms with van der Waals surface area (Å²) in [4.78, 5) is 26.9. The Kier molecular flexibility index (Phi) is 4.33. The second-order valence-corrected chi connectivity index (χ2v) is 7.00. The fourth-order valence-electron chi connectivity index (χ4n) is 2.43. The molecule has 2 N–H and O–H groups in total. The molecule has 4 nitrogen and oxygen atoms in total. The van der Waals surface area contributed by atoms with Crippen LogP contribution in [-0.4, -0.2) is 17.1 Å². The number of nitrogen functional groups attached to an aromatic ring is 1. The van der Waals surface area contributed by atoms with Gasteiger partial charge < -0.3 is 5.73 Å². The fourth-order valence-corrected chi connectivity index (χ4v) is 3.70. The molecule has 1 aliphatic rings. The monoisotopic (exact) mass is 346 g/mol. The molecule has 118 valence electrons. The van der Waals surface area contributed by atoms with E-state index >= 15 is 0 Å². The smallest absolute Gasteiger partial charge is 0.247 e. The highest BCUT2D eigenvalue weighted by Gasteiger charge is 2.40. The van der Waals surface area contributed by atoms with E-state index in [1.807, 2.05) is 25.1 Å². The zero-order valence-corrected chi connectivity index (χ0v) is 14.0. The molecule has 0 radical (unpaired) electrons. The second kappa shape index (κ2) is 6.26. The number of halogens is 1. The topological polar surface area (TPSA) is 63.4 Å². The van der Waals surface area contributed by atoms with Gasteiger partial charge in [-0.1, -0.05) is 29.8 Å². The number of nitrogens with two attached hydrogens (primary N) is 1. The highest BCUT2D eigenvalue weighted by atomic mass is 35.5.